The normalized spacial score (nSPS) is 20.7. The van der Waals surface area contributed by atoms with Crippen LogP contribution < -0.4 is 10.1 Å². The highest BCUT2D eigenvalue weighted by atomic mass is 19.1. The highest BCUT2D eigenvalue weighted by molar-refractivity contribution is 5.36. The van der Waals surface area contributed by atoms with Crippen molar-refractivity contribution < 1.29 is 9.13 Å². The zero-order chi connectivity index (χ0) is 13.9. The average molecular weight is 271 g/mol. The second kappa shape index (κ2) is 5.63. The van der Waals surface area contributed by atoms with E-state index in [1.54, 1.807) is 7.11 Å². The molecule has 3 rings (SSSR count). The fourth-order valence-corrected chi connectivity index (χ4v) is 2.76. The van der Waals surface area contributed by atoms with Crippen LogP contribution in [-0.4, -0.2) is 13.3 Å². The molecule has 20 heavy (non-hydrogen) atoms. The number of fused-ring (bicyclic) bond motifs is 1. The molecule has 3 heteroatoms. The number of nitrogens with one attached hydrogen (secondary N) is 1. The Balaban J connectivity index is 1.69. The van der Waals surface area contributed by atoms with E-state index in [9.17, 15) is 4.39 Å². The summed E-state index contributed by atoms with van der Waals surface area (Å²) in [6, 6.07) is 15.6. The molecule has 0 unspecified atom stereocenters. The van der Waals surface area contributed by atoms with Gasteiger partial charge in [0.05, 0.1) is 13.2 Å². The van der Waals surface area contributed by atoms with E-state index < -0.39 is 6.17 Å². The summed E-state index contributed by atoms with van der Waals surface area (Å²) in [5.41, 5.74) is 3.34. The summed E-state index contributed by atoms with van der Waals surface area (Å²) >= 11 is 0. The van der Waals surface area contributed by atoms with Gasteiger partial charge < -0.3 is 10.1 Å². The van der Waals surface area contributed by atoms with Crippen molar-refractivity contribution in [2.24, 2.45) is 0 Å². The van der Waals surface area contributed by atoms with Gasteiger partial charge in [0.25, 0.3) is 0 Å². The zero-order valence-electron chi connectivity index (χ0n) is 11.5. The average Bonchev–Trinajstić information content (AvgIpc) is 2.81. The highest BCUT2D eigenvalue weighted by Gasteiger charge is 2.31. The standard InChI is InChI=1S/C17H18FNO/c1-20-14-8-6-12(7-9-14)11-19-17-15-5-3-2-4-13(15)10-16(17)18/h2-9,16-17,19H,10-11H2,1H3/t16-,17+/m0/s1. The van der Waals surface area contributed by atoms with Crippen molar-refractivity contribution in [3.05, 3.63) is 65.2 Å². The monoisotopic (exact) mass is 271 g/mol. The third kappa shape index (κ3) is 2.54. The Kier molecular flexibility index (Phi) is 3.70. The number of hydrogen-bond acceptors (Lipinski definition) is 2. The predicted octanol–water partition coefficient (Wildman–Crippen LogP) is 3.42. The molecule has 0 saturated carbocycles. The predicted molar refractivity (Wildman–Crippen MR) is 77.6 cm³/mol. The minimum atomic E-state index is -0.842. The third-order valence-electron chi connectivity index (χ3n) is 3.85. The Morgan fingerprint density at radius 2 is 1.90 bits per heavy atom. The molecule has 0 aromatic heterocycles. The molecule has 2 aromatic rings. The lowest BCUT2D eigenvalue weighted by atomic mass is 10.1. The lowest BCUT2D eigenvalue weighted by molar-refractivity contribution is 0.269. The van der Waals surface area contributed by atoms with Crippen molar-refractivity contribution in [1.82, 2.24) is 5.32 Å². The first kappa shape index (κ1) is 13.1. The zero-order valence-corrected chi connectivity index (χ0v) is 11.5. The van der Waals surface area contributed by atoms with Crippen LogP contribution in [0.5, 0.6) is 5.75 Å². The van der Waals surface area contributed by atoms with Gasteiger partial charge in [0.1, 0.15) is 11.9 Å². The summed E-state index contributed by atoms with van der Waals surface area (Å²) in [5, 5.41) is 3.33. The molecule has 0 fully saturated rings. The summed E-state index contributed by atoms with van der Waals surface area (Å²) in [5.74, 6) is 0.836. The Morgan fingerprint density at radius 3 is 2.65 bits per heavy atom. The van der Waals surface area contributed by atoms with Crippen LogP contribution in [-0.2, 0) is 13.0 Å². The molecule has 0 saturated heterocycles. The maximum absolute atomic E-state index is 14.1. The van der Waals surface area contributed by atoms with Crippen LogP contribution >= 0.6 is 0 Å². The fourth-order valence-electron chi connectivity index (χ4n) is 2.76. The first-order valence-corrected chi connectivity index (χ1v) is 6.86. The van der Waals surface area contributed by atoms with Gasteiger partial charge in [0.2, 0.25) is 0 Å². The molecule has 2 aromatic carbocycles. The molecule has 0 heterocycles. The summed E-state index contributed by atoms with van der Waals surface area (Å²) in [6.07, 6.45) is -0.332. The summed E-state index contributed by atoms with van der Waals surface area (Å²) in [4.78, 5) is 0. The van der Waals surface area contributed by atoms with Gasteiger partial charge >= 0.3 is 0 Å². The molecule has 1 N–H and O–H groups in total. The van der Waals surface area contributed by atoms with E-state index in [0.717, 1.165) is 22.4 Å². The van der Waals surface area contributed by atoms with E-state index in [-0.39, 0.29) is 6.04 Å². The lowest BCUT2D eigenvalue weighted by Crippen LogP contribution is -2.25. The summed E-state index contributed by atoms with van der Waals surface area (Å²) in [6.45, 7) is 0.656. The van der Waals surface area contributed by atoms with Crippen molar-refractivity contribution in [3.63, 3.8) is 0 Å². The van der Waals surface area contributed by atoms with Gasteiger partial charge in [0.15, 0.2) is 0 Å². The van der Waals surface area contributed by atoms with Gasteiger partial charge in [-0.3, -0.25) is 0 Å². The molecule has 0 spiro atoms. The molecule has 1 aliphatic carbocycles. The maximum atomic E-state index is 14.1. The molecule has 0 radical (unpaired) electrons. The van der Waals surface area contributed by atoms with Gasteiger partial charge in [-0.05, 0) is 28.8 Å². The largest absolute Gasteiger partial charge is 0.497 e. The smallest absolute Gasteiger partial charge is 0.124 e. The van der Waals surface area contributed by atoms with Crippen LogP contribution in [0.4, 0.5) is 4.39 Å². The second-order valence-corrected chi connectivity index (χ2v) is 5.13. The molecule has 104 valence electrons. The number of halogens is 1. The van der Waals surface area contributed by atoms with E-state index in [2.05, 4.69) is 5.32 Å². The molecule has 1 aliphatic rings. The minimum absolute atomic E-state index is 0.201. The lowest BCUT2D eigenvalue weighted by Gasteiger charge is -2.16. The summed E-state index contributed by atoms with van der Waals surface area (Å²) in [7, 11) is 1.65. The van der Waals surface area contributed by atoms with Crippen molar-refractivity contribution in [1.29, 1.82) is 0 Å². The quantitative estimate of drug-likeness (QED) is 0.920. The summed E-state index contributed by atoms with van der Waals surface area (Å²) < 4.78 is 19.2. The van der Waals surface area contributed by atoms with E-state index in [4.69, 9.17) is 4.74 Å². The number of benzene rings is 2. The van der Waals surface area contributed by atoms with Crippen molar-refractivity contribution in [2.75, 3.05) is 7.11 Å². The van der Waals surface area contributed by atoms with Crippen LogP contribution in [0.25, 0.3) is 0 Å². The third-order valence-corrected chi connectivity index (χ3v) is 3.85. The maximum Gasteiger partial charge on any atom is 0.124 e. The Bertz CT molecular complexity index is 582. The highest BCUT2D eigenvalue weighted by Crippen LogP contribution is 2.33. The molecule has 0 bridgehead atoms. The number of ether oxygens (including phenoxy) is 1. The van der Waals surface area contributed by atoms with E-state index in [1.807, 2.05) is 48.5 Å². The van der Waals surface area contributed by atoms with Gasteiger partial charge in [-0.15, -0.1) is 0 Å². The Morgan fingerprint density at radius 1 is 1.15 bits per heavy atom. The molecule has 2 nitrogen and oxygen atoms in total. The van der Waals surface area contributed by atoms with Crippen LogP contribution in [0.15, 0.2) is 48.5 Å². The SMILES string of the molecule is COc1ccc(CN[C@@H]2c3ccccc3C[C@@H]2F)cc1. The Labute approximate surface area is 118 Å². The number of rotatable bonds is 4. The van der Waals surface area contributed by atoms with E-state index >= 15 is 0 Å². The molecular weight excluding hydrogens is 253 g/mol. The molecule has 0 aliphatic heterocycles. The number of methoxy groups -OCH3 is 1. The molecular formula is C17H18FNO. The van der Waals surface area contributed by atoms with Gasteiger partial charge in [-0.1, -0.05) is 36.4 Å². The molecule has 0 amide bonds. The van der Waals surface area contributed by atoms with Crippen LogP contribution in [0.3, 0.4) is 0 Å². The van der Waals surface area contributed by atoms with E-state index in [1.165, 1.54) is 0 Å². The first-order chi connectivity index (χ1) is 9.78. The van der Waals surface area contributed by atoms with Gasteiger partial charge in [0, 0.05) is 13.0 Å². The van der Waals surface area contributed by atoms with Gasteiger partial charge in [-0.25, -0.2) is 4.39 Å². The first-order valence-electron chi connectivity index (χ1n) is 6.86. The number of hydrogen-bond donors (Lipinski definition) is 1. The second-order valence-electron chi connectivity index (χ2n) is 5.13. The van der Waals surface area contributed by atoms with Crippen molar-refractivity contribution in [3.8, 4) is 5.75 Å². The van der Waals surface area contributed by atoms with Crippen molar-refractivity contribution in [2.45, 2.75) is 25.2 Å². The van der Waals surface area contributed by atoms with Crippen LogP contribution in [0.1, 0.15) is 22.7 Å². The van der Waals surface area contributed by atoms with Gasteiger partial charge in [-0.2, -0.15) is 0 Å². The van der Waals surface area contributed by atoms with Crippen molar-refractivity contribution >= 4 is 0 Å². The van der Waals surface area contributed by atoms with Crippen LogP contribution in [0.2, 0.25) is 0 Å². The van der Waals surface area contributed by atoms with Crippen LogP contribution in [0, 0.1) is 0 Å². The topological polar surface area (TPSA) is 21.3 Å². The van der Waals surface area contributed by atoms with E-state index in [0.29, 0.717) is 13.0 Å². The Hall–Kier alpha value is -1.87. The number of alkyl halides is 1. The fraction of sp³-hybridized carbons (Fsp3) is 0.294. The molecule has 2 atom stereocenters. The minimum Gasteiger partial charge on any atom is -0.497 e.